The van der Waals surface area contributed by atoms with E-state index in [0.29, 0.717) is 34.6 Å². The average molecular weight is 378 g/mol. The molecule has 1 atom stereocenters. The Morgan fingerprint density at radius 2 is 1.86 bits per heavy atom. The molecule has 4 heteroatoms. The van der Waals surface area contributed by atoms with Crippen LogP contribution in [0.4, 0.5) is 10.1 Å². The molecule has 0 bridgehead atoms. The summed E-state index contributed by atoms with van der Waals surface area (Å²) in [7, 11) is 0. The van der Waals surface area contributed by atoms with Crippen LogP contribution in [0.15, 0.2) is 54.6 Å². The second-order valence-electron chi connectivity index (χ2n) is 8.21. The number of halogens is 1. The van der Waals surface area contributed by atoms with Gasteiger partial charge in [0.2, 0.25) is 5.91 Å². The number of aryl methyl sites for hydroxylation is 1. The Morgan fingerprint density at radius 1 is 1.14 bits per heavy atom. The zero-order valence-electron chi connectivity index (χ0n) is 16.9. The van der Waals surface area contributed by atoms with Crippen LogP contribution in [-0.2, 0) is 11.2 Å². The summed E-state index contributed by atoms with van der Waals surface area (Å²) in [5, 5.41) is 3.74. The van der Waals surface area contributed by atoms with E-state index < -0.39 is 5.41 Å². The van der Waals surface area contributed by atoms with Crippen LogP contribution in [0.25, 0.3) is 10.9 Å². The van der Waals surface area contributed by atoms with Crippen molar-refractivity contribution in [2.75, 3.05) is 5.32 Å². The number of hydrogen-bond acceptors (Lipinski definition) is 2. The Hall–Kier alpha value is -2.75. The lowest BCUT2D eigenvalue weighted by molar-refractivity contribution is -0.125. The number of anilines is 1. The van der Waals surface area contributed by atoms with Gasteiger partial charge in [-0.2, -0.15) is 0 Å². The summed E-state index contributed by atoms with van der Waals surface area (Å²) in [5.41, 5.74) is 2.14. The van der Waals surface area contributed by atoms with Crippen molar-refractivity contribution >= 4 is 22.5 Å². The molecule has 0 spiro atoms. The maximum Gasteiger partial charge on any atom is 0.230 e. The number of carbonyl (C=O) groups excluding carboxylic acids is 1. The minimum atomic E-state index is -0.557. The van der Waals surface area contributed by atoms with Gasteiger partial charge in [-0.05, 0) is 43.4 Å². The molecule has 0 aliphatic carbocycles. The minimum absolute atomic E-state index is 0.0364. The number of amides is 1. The number of fused-ring (bicyclic) bond motifs is 1. The second-order valence-corrected chi connectivity index (χ2v) is 8.21. The molecule has 0 aliphatic heterocycles. The Kier molecular flexibility index (Phi) is 5.78. The normalized spacial score (nSPS) is 13.5. The van der Waals surface area contributed by atoms with Gasteiger partial charge in [-0.15, -0.1) is 0 Å². The third-order valence-electron chi connectivity index (χ3n) is 5.08. The van der Waals surface area contributed by atoms with Gasteiger partial charge in [-0.3, -0.25) is 4.79 Å². The Labute approximate surface area is 166 Å². The fourth-order valence-electron chi connectivity index (χ4n) is 3.85. The lowest BCUT2D eigenvalue weighted by Crippen LogP contribution is -2.37. The van der Waals surface area contributed by atoms with Gasteiger partial charge in [0.1, 0.15) is 11.3 Å². The van der Waals surface area contributed by atoms with Gasteiger partial charge >= 0.3 is 0 Å². The fraction of sp³-hybridized carbons (Fsp3) is 0.333. The average Bonchev–Trinajstić information content (AvgIpc) is 2.63. The first kappa shape index (κ1) is 20.0. The maximum absolute atomic E-state index is 14.0. The van der Waals surface area contributed by atoms with Crippen molar-refractivity contribution in [1.82, 2.24) is 4.98 Å². The van der Waals surface area contributed by atoms with E-state index >= 15 is 0 Å². The molecule has 3 rings (SSSR count). The molecule has 1 N–H and O–H groups in total. The first-order valence-corrected chi connectivity index (χ1v) is 9.70. The zero-order valence-corrected chi connectivity index (χ0v) is 16.9. The number of carbonyl (C=O) groups is 1. The molecule has 28 heavy (non-hydrogen) atoms. The number of para-hydroxylation sites is 1. The van der Waals surface area contributed by atoms with Crippen molar-refractivity contribution in [2.45, 2.75) is 40.5 Å². The molecular weight excluding hydrogens is 351 g/mol. The molecule has 0 fully saturated rings. The van der Waals surface area contributed by atoms with E-state index in [1.165, 1.54) is 6.07 Å². The van der Waals surface area contributed by atoms with Crippen molar-refractivity contribution in [3.8, 4) is 0 Å². The van der Waals surface area contributed by atoms with Crippen molar-refractivity contribution in [1.29, 1.82) is 0 Å². The van der Waals surface area contributed by atoms with Crippen LogP contribution in [0, 0.1) is 24.1 Å². The van der Waals surface area contributed by atoms with Crippen molar-refractivity contribution in [2.24, 2.45) is 11.3 Å². The van der Waals surface area contributed by atoms with Gasteiger partial charge in [-0.1, -0.05) is 63.2 Å². The molecule has 1 aromatic heterocycles. The first-order chi connectivity index (χ1) is 13.3. The quantitative estimate of drug-likeness (QED) is 0.579. The molecule has 146 valence electrons. The van der Waals surface area contributed by atoms with E-state index in [4.69, 9.17) is 0 Å². The lowest BCUT2D eigenvalue weighted by Gasteiger charge is -2.30. The van der Waals surface area contributed by atoms with Crippen molar-refractivity contribution in [3.63, 3.8) is 0 Å². The third-order valence-corrected chi connectivity index (χ3v) is 5.08. The topological polar surface area (TPSA) is 42.0 Å². The van der Waals surface area contributed by atoms with E-state index in [0.717, 1.165) is 12.0 Å². The highest BCUT2D eigenvalue weighted by Crippen LogP contribution is 2.33. The van der Waals surface area contributed by atoms with E-state index in [1.807, 2.05) is 25.1 Å². The molecule has 0 saturated carbocycles. The molecule has 1 amide bonds. The number of aromatic nitrogens is 1. The van der Waals surface area contributed by atoms with Crippen LogP contribution >= 0.6 is 0 Å². The highest BCUT2D eigenvalue weighted by molar-refractivity contribution is 5.97. The molecule has 1 heterocycles. The van der Waals surface area contributed by atoms with E-state index in [1.54, 1.807) is 25.1 Å². The summed E-state index contributed by atoms with van der Waals surface area (Å²) < 4.78 is 14.0. The number of nitrogens with zero attached hydrogens (tertiary/aromatic N) is 1. The van der Waals surface area contributed by atoms with Crippen LogP contribution in [0.5, 0.6) is 0 Å². The van der Waals surface area contributed by atoms with E-state index in [9.17, 15) is 9.18 Å². The number of benzene rings is 2. The molecule has 0 unspecified atom stereocenters. The monoisotopic (exact) mass is 378 g/mol. The van der Waals surface area contributed by atoms with Gasteiger partial charge in [0.25, 0.3) is 0 Å². The Balaban J connectivity index is 1.91. The summed E-state index contributed by atoms with van der Waals surface area (Å²) in [6.07, 6.45) is 1.43. The van der Waals surface area contributed by atoms with E-state index in [2.05, 4.69) is 36.3 Å². The van der Waals surface area contributed by atoms with Crippen LogP contribution in [0.2, 0.25) is 0 Å². The van der Waals surface area contributed by atoms with Gasteiger partial charge < -0.3 is 5.32 Å². The molecule has 3 nitrogen and oxygen atoms in total. The van der Waals surface area contributed by atoms with Crippen LogP contribution in [0.1, 0.15) is 38.4 Å². The Morgan fingerprint density at radius 3 is 2.54 bits per heavy atom. The number of hydrogen-bond donors (Lipinski definition) is 1. The molecule has 0 aliphatic rings. The zero-order chi connectivity index (χ0) is 20.3. The van der Waals surface area contributed by atoms with Gasteiger partial charge in [0.15, 0.2) is 0 Å². The fourth-order valence-corrected chi connectivity index (χ4v) is 3.85. The third kappa shape index (κ3) is 4.38. The number of pyridine rings is 1. The van der Waals surface area contributed by atoms with Crippen molar-refractivity contribution < 1.29 is 9.18 Å². The largest absolute Gasteiger partial charge is 0.324 e. The molecule has 3 aromatic rings. The standard InChI is InChI=1S/C24H27FN2O/c1-16(2)14-24(4,15-18-9-6-5-7-10-18)23(28)27-21-13-19-11-8-12-20(25)22(19)26-17(21)3/h5-13,16H,14-15H2,1-4H3,(H,27,28)/t24-/m1/s1. The van der Waals surface area contributed by atoms with Crippen LogP contribution in [-0.4, -0.2) is 10.9 Å². The molecule has 2 aromatic carbocycles. The summed E-state index contributed by atoms with van der Waals surface area (Å²) in [5.74, 6) is -0.0118. The van der Waals surface area contributed by atoms with Crippen LogP contribution < -0.4 is 5.32 Å². The molecule has 0 radical (unpaired) electrons. The predicted octanol–water partition coefficient (Wildman–Crippen LogP) is 5.92. The summed E-state index contributed by atoms with van der Waals surface area (Å²) in [6.45, 7) is 8.06. The highest BCUT2D eigenvalue weighted by atomic mass is 19.1. The SMILES string of the molecule is Cc1nc2c(F)cccc2cc1NC(=O)[C@@](C)(Cc1ccccc1)CC(C)C. The summed E-state index contributed by atoms with van der Waals surface area (Å²) >= 11 is 0. The van der Waals surface area contributed by atoms with Gasteiger partial charge in [-0.25, -0.2) is 9.37 Å². The number of rotatable bonds is 6. The lowest BCUT2D eigenvalue weighted by atomic mass is 9.76. The minimum Gasteiger partial charge on any atom is -0.324 e. The summed E-state index contributed by atoms with van der Waals surface area (Å²) in [6, 6.07) is 16.7. The second kappa shape index (κ2) is 8.09. The van der Waals surface area contributed by atoms with Crippen LogP contribution in [0.3, 0.4) is 0 Å². The van der Waals surface area contributed by atoms with Crippen molar-refractivity contribution in [3.05, 3.63) is 71.7 Å². The highest BCUT2D eigenvalue weighted by Gasteiger charge is 2.34. The van der Waals surface area contributed by atoms with E-state index in [-0.39, 0.29) is 11.7 Å². The predicted molar refractivity (Wildman–Crippen MR) is 113 cm³/mol. The van der Waals surface area contributed by atoms with Gasteiger partial charge in [0, 0.05) is 5.39 Å². The maximum atomic E-state index is 14.0. The first-order valence-electron chi connectivity index (χ1n) is 9.70. The number of nitrogens with one attached hydrogen (secondary N) is 1. The summed E-state index contributed by atoms with van der Waals surface area (Å²) in [4.78, 5) is 17.7. The molecule has 0 saturated heterocycles. The Bertz CT molecular complexity index is 985. The van der Waals surface area contributed by atoms with Gasteiger partial charge in [0.05, 0.1) is 16.8 Å². The molecular formula is C24H27FN2O. The smallest absolute Gasteiger partial charge is 0.230 e.